The molecule has 3 nitrogen and oxygen atoms in total. The van der Waals surface area contributed by atoms with Gasteiger partial charge in [0.15, 0.2) is 0 Å². The van der Waals surface area contributed by atoms with Crippen molar-refractivity contribution in [1.29, 1.82) is 0 Å². The maximum atomic E-state index is 5.91. The number of nitrogens with one attached hydrogen (secondary N) is 1. The molecule has 2 aromatic carbocycles. The van der Waals surface area contributed by atoms with E-state index in [9.17, 15) is 0 Å². The molecule has 4 heteroatoms. The Bertz CT molecular complexity index is 670. The fourth-order valence-corrected chi connectivity index (χ4v) is 2.88. The van der Waals surface area contributed by atoms with Crippen LogP contribution < -0.4 is 5.32 Å². The SMILES string of the molecule is Brc1ccccc1COCc1ccccc1C1=NCCCN1. The molecule has 0 atom stereocenters. The van der Waals surface area contributed by atoms with E-state index >= 15 is 0 Å². The summed E-state index contributed by atoms with van der Waals surface area (Å²) in [6.45, 7) is 3.06. The summed E-state index contributed by atoms with van der Waals surface area (Å²) in [5.74, 6) is 0.992. The molecule has 0 saturated carbocycles. The number of halogens is 1. The third-order valence-corrected chi connectivity index (χ3v) is 4.42. The van der Waals surface area contributed by atoms with Crippen molar-refractivity contribution in [2.75, 3.05) is 13.1 Å². The summed E-state index contributed by atoms with van der Waals surface area (Å²) in [6, 6.07) is 16.4. The second kappa shape index (κ2) is 7.56. The van der Waals surface area contributed by atoms with Crippen LogP contribution in [0, 0.1) is 0 Å². The molecule has 0 amide bonds. The highest BCUT2D eigenvalue weighted by atomic mass is 79.9. The van der Waals surface area contributed by atoms with Gasteiger partial charge in [-0.3, -0.25) is 4.99 Å². The van der Waals surface area contributed by atoms with Crippen molar-refractivity contribution in [1.82, 2.24) is 5.32 Å². The minimum absolute atomic E-state index is 0.582. The van der Waals surface area contributed by atoms with E-state index in [0.29, 0.717) is 13.2 Å². The van der Waals surface area contributed by atoms with E-state index in [4.69, 9.17) is 4.74 Å². The molecule has 0 fully saturated rings. The Morgan fingerprint density at radius 1 is 1.00 bits per heavy atom. The zero-order chi connectivity index (χ0) is 15.2. The normalized spacial score (nSPS) is 14.3. The Morgan fingerprint density at radius 2 is 1.73 bits per heavy atom. The van der Waals surface area contributed by atoms with Crippen LogP contribution in [-0.2, 0) is 18.0 Å². The van der Waals surface area contributed by atoms with E-state index in [-0.39, 0.29) is 0 Å². The smallest absolute Gasteiger partial charge is 0.128 e. The molecular weight excluding hydrogens is 340 g/mol. The van der Waals surface area contributed by atoms with Crippen molar-refractivity contribution in [2.24, 2.45) is 4.99 Å². The first-order chi connectivity index (χ1) is 10.8. The molecule has 1 N–H and O–H groups in total. The van der Waals surface area contributed by atoms with Gasteiger partial charge in [-0.05, 0) is 23.6 Å². The standard InChI is InChI=1S/C18H19BrN2O/c19-17-9-4-2-7-15(17)13-22-12-14-6-1-3-8-16(14)18-20-10-5-11-21-18/h1-4,6-9H,5,10-13H2,(H,20,21). The van der Waals surface area contributed by atoms with Crippen LogP contribution in [0.2, 0.25) is 0 Å². The summed E-state index contributed by atoms with van der Waals surface area (Å²) in [7, 11) is 0. The Kier molecular flexibility index (Phi) is 5.24. The molecule has 0 bridgehead atoms. The van der Waals surface area contributed by atoms with E-state index in [1.165, 1.54) is 5.56 Å². The predicted molar refractivity (Wildman–Crippen MR) is 93.1 cm³/mol. The van der Waals surface area contributed by atoms with Crippen LogP contribution in [0.25, 0.3) is 0 Å². The summed E-state index contributed by atoms with van der Waals surface area (Å²) in [6.07, 6.45) is 1.10. The van der Waals surface area contributed by atoms with E-state index in [1.54, 1.807) is 0 Å². The maximum Gasteiger partial charge on any atom is 0.128 e. The topological polar surface area (TPSA) is 33.6 Å². The van der Waals surface area contributed by atoms with Crippen LogP contribution in [0.5, 0.6) is 0 Å². The zero-order valence-electron chi connectivity index (χ0n) is 12.4. The first-order valence-electron chi connectivity index (χ1n) is 7.52. The van der Waals surface area contributed by atoms with Crippen LogP contribution in [0.15, 0.2) is 58.0 Å². The van der Waals surface area contributed by atoms with Crippen molar-refractivity contribution in [3.63, 3.8) is 0 Å². The number of rotatable bonds is 5. The molecule has 0 aromatic heterocycles. The van der Waals surface area contributed by atoms with Gasteiger partial charge in [-0.1, -0.05) is 58.4 Å². The Balaban J connectivity index is 1.68. The lowest BCUT2D eigenvalue weighted by atomic mass is 10.1. The molecule has 114 valence electrons. The van der Waals surface area contributed by atoms with Crippen LogP contribution in [-0.4, -0.2) is 18.9 Å². The number of hydrogen-bond acceptors (Lipinski definition) is 3. The third-order valence-electron chi connectivity index (χ3n) is 3.64. The Hall–Kier alpha value is -1.65. The van der Waals surface area contributed by atoms with Gasteiger partial charge < -0.3 is 10.1 Å². The predicted octanol–water partition coefficient (Wildman–Crippen LogP) is 3.91. The van der Waals surface area contributed by atoms with Gasteiger partial charge in [0.05, 0.1) is 13.2 Å². The minimum Gasteiger partial charge on any atom is -0.372 e. The van der Waals surface area contributed by atoms with Gasteiger partial charge in [0.25, 0.3) is 0 Å². The molecule has 2 aromatic rings. The highest BCUT2D eigenvalue weighted by Gasteiger charge is 2.11. The second-order valence-corrected chi connectivity index (χ2v) is 6.11. The molecule has 1 aliphatic heterocycles. The monoisotopic (exact) mass is 358 g/mol. The molecule has 1 aliphatic rings. The number of amidine groups is 1. The molecule has 0 spiro atoms. The molecular formula is C18H19BrN2O. The quantitative estimate of drug-likeness (QED) is 0.878. The lowest BCUT2D eigenvalue weighted by Crippen LogP contribution is -2.31. The molecule has 3 rings (SSSR count). The maximum absolute atomic E-state index is 5.91. The summed E-state index contributed by atoms with van der Waals surface area (Å²) in [5, 5.41) is 3.38. The van der Waals surface area contributed by atoms with Gasteiger partial charge in [-0.15, -0.1) is 0 Å². The van der Waals surface area contributed by atoms with Gasteiger partial charge in [-0.25, -0.2) is 0 Å². The van der Waals surface area contributed by atoms with Crippen molar-refractivity contribution in [2.45, 2.75) is 19.6 Å². The van der Waals surface area contributed by atoms with Crippen LogP contribution >= 0.6 is 15.9 Å². The summed E-state index contributed by atoms with van der Waals surface area (Å²) < 4.78 is 6.99. The fraction of sp³-hybridized carbons (Fsp3) is 0.278. The minimum atomic E-state index is 0.582. The molecule has 0 aliphatic carbocycles. The van der Waals surface area contributed by atoms with E-state index < -0.39 is 0 Å². The number of hydrogen-bond donors (Lipinski definition) is 1. The summed E-state index contributed by atoms with van der Waals surface area (Å²) >= 11 is 3.55. The van der Waals surface area contributed by atoms with Gasteiger partial charge in [0.1, 0.15) is 5.84 Å². The average Bonchev–Trinajstić information content (AvgIpc) is 2.58. The average molecular weight is 359 g/mol. The largest absolute Gasteiger partial charge is 0.372 e. The number of ether oxygens (including phenoxy) is 1. The zero-order valence-corrected chi connectivity index (χ0v) is 14.0. The third kappa shape index (κ3) is 3.76. The lowest BCUT2D eigenvalue weighted by molar-refractivity contribution is 0.106. The van der Waals surface area contributed by atoms with Crippen molar-refractivity contribution >= 4 is 21.8 Å². The van der Waals surface area contributed by atoms with Crippen LogP contribution in [0.1, 0.15) is 23.1 Å². The van der Waals surface area contributed by atoms with Crippen molar-refractivity contribution in [3.05, 3.63) is 69.7 Å². The van der Waals surface area contributed by atoms with E-state index in [2.05, 4.69) is 44.4 Å². The highest BCUT2D eigenvalue weighted by Crippen LogP contribution is 2.18. The number of nitrogens with zero attached hydrogens (tertiary/aromatic N) is 1. The Morgan fingerprint density at radius 3 is 2.50 bits per heavy atom. The number of aliphatic imine (C=N–C) groups is 1. The number of benzene rings is 2. The molecule has 0 unspecified atom stereocenters. The van der Waals surface area contributed by atoms with Gasteiger partial charge in [0.2, 0.25) is 0 Å². The lowest BCUT2D eigenvalue weighted by Gasteiger charge is -2.17. The van der Waals surface area contributed by atoms with Crippen LogP contribution in [0.3, 0.4) is 0 Å². The fourth-order valence-electron chi connectivity index (χ4n) is 2.48. The molecule has 22 heavy (non-hydrogen) atoms. The molecule has 1 heterocycles. The summed E-state index contributed by atoms with van der Waals surface area (Å²) in [4.78, 5) is 4.58. The Labute approximate surface area is 139 Å². The van der Waals surface area contributed by atoms with Gasteiger partial charge in [-0.2, -0.15) is 0 Å². The first-order valence-corrected chi connectivity index (χ1v) is 8.31. The van der Waals surface area contributed by atoms with E-state index in [0.717, 1.165) is 40.9 Å². The second-order valence-electron chi connectivity index (χ2n) is 5.25. The first kappa shape index (κ1) is 15.3. The molecule has 0 radical (unpaired) electrons. The van der Waals surface area contributed by atoms with Gasteiger partial charge in [0, 0.05) is 23.1 Å². The van der Waals surface area contributed by atoms with Crippen LogP contribution in [0.4, 0.5) is 0 Å². The molecule has 0 saturated heterocycles. The highest BCUT2D eigenvalue weighted by molar-refractivity contribution is 9.10. The van der Waals surface area contributed by atoms with Crippen molar-refractivity contribution in [3.8, 4) is 0 Å². The van der Waals surface area contributed by atoms with Crippen molar-refractivity contribution < 1.29 is 4.74 Å². The van der Waals surface area contributed by atoms with E-state index in [1.807, 2.05) is 30.3 Å². The summed E-state index contributed by atoms with van der Waals surface area (Å²) in [5.41, 5.74) is 3.48. The van der Waals surface area contributed by atoms with Gasteiger partial charge >= 0.3 is 0 Å².